The third-order valence-corrected chi connectivity index (χ3v) is 5.41. The summed E-state index contributed by atoms with van der Waals surface area (Å²) in [6, 6.07) is 10.7. The first-order chi connectivity index (χ1) is 12.9. The lowest BCUT2D eigenvalue weighted by Crippen LogP contribution is -2.31. The fourth-order valence-electron chi connectivity index (χ4n) is 3.86. The quantitative estimate of drug-likeness (QED) is 0.726. The Bertz CT molecular complexity index is 886. The van der Waals surface area contributed by atoms with E-state index in [9.17, 15) is 0 Å². The van der Waals surface area contributed by atoms with Crippen molar-refractivity contribution in [3.05, 3.63) is 54.1 Å². The van der Waals surface area contributed by atoms with Crippen molar-refractivity contribution in [2.75, 3.05) is 31.1 Å². The average molecular weight is 348 g/mol. The molecule has 1 aliphatic heterocycles. The van der Waals surface area contributed by atoms with Gasteiger partial charge in [-0.25, -0.2) is 4.98 Å². The highest BCUT2D eigenvalue weighted by Gasteiger charge is 2.29. The van der Waals surface area contributed by atoms with Crippen LogP contribution in [0.1, 0.15) is 36.6 Å². The Morgan fingerprint density at radius 2 is 1.85 bits per heavy atom. The monoisotopic (exact) mass is 348 g/mol. The zero-order valence-corrected chi connectivity index (χ0v) is 15.0. The molecule has 2 aromatic heterocycles. The van der Waals surface area contributed by atoms with Crippen molar-refractivity contribution in [1.82, 2.24) is 24.5 Å². The molecule has 0 N–H and O–H groups in total. The van der Waals surface area contributed by atoms with Crippen LogP contribution in [0, 0.1) is 0 Å². The molecule has 2 fully saturated rings. The van der Waals surface area contributed by atoms with Gasteiger partial charge in [-0.15, -0.1) is 10.2 Å². The van der Waals surface area contributed by atoms with Gasteiger partial charge in [0.2, 0.25) is 5.65 Å². The van der Waals surface area contributed by atoms with Crippen molar-refractivity contribution >= 4 is 11.5 Å². The Balaban J connectivity index is 1.34. The molecule has 1 saturated heterocycles. The van der Waals surface area contributed by atoms with Crippen molar-refractivity contribution in [3.8, 4) is 0 Å². The average Bonchev–Trinajstić information content (AvgIpc) is 3.46. The molecule has 6 nitrogen and oxygen atoms in total. The van der Waals surface area contributed by atoms with Gasteiger partial charge in [0.1, 0.15) is 5.82 Å². The van der Waals surface area contributed by atoms with Gasteiger partial charge in [0.15, 0.2) is 5.82 Å². The van der Waals surface area contributed by atoms with E-state index in [-0.39, 0.29) is 0 Å². The number of benzene rings is 1. The van der Waals surface area contributed by atoms with Crippen LogP contribution >= 0.6 is 0 Å². The number of aromatic nitrogens is 4. The van der Waals surface area contributed by atoms with Gasteiger partial charge in [0.05, 0.1) is 0 Å². The number of fused-ring (bicyclic) bond motifs is 1. The predicted octanol–water partition coefficient (Wildman–Crippen LogP) is 2.71. The van der Waals surface area contributed by atoms with E-state index in [2.05, 4.69) is 59.7 Å². The van der Waals surface area contributed by atoms with E-state index in [0.717, 1.165) is 56.4 Å². The molecule has 0 spiro atoms. The van der Waals surface area contributed by atoms with Gasteiger partial charge < -0.3 is 4.90 Å². The second-order valence-corrected chi connectivity index (χ2v) is 7.38. The summed E-state index contributed by atoms with van der Waals surface area (Å²) in [4.78, 5) is 9.58. The van der Waals surface area contributed by atoms with E-state index in [4.69, 9.17) is 0 Å². The van der Waals surface area contributed by atoms with Crippen LogP contribution in [0.5, 0.6) is 0 Å². The number of hydrogen-bond acceptors (Lipinski definition) is 5. The van der Waals surface area contributed by atoms with E-state index < -0.39 is 0 Å². The third-order valence-electron chi connectivity index (χ3n) is 5.41. The highest BCUT2D eigenvalue weighted by molar-refractivity contribution is 5.64. The number of nitrogens with zero attached hydrogens (tertiary/aromatic N) is 6. The summed E-state index contributed by atoms with van der Waals surface area (Å²) < 4.78 is 2.15. The summed E-state index contributed by atoms with van der Waals surface area (Å²) in [6.07, 6.45) is 7.50. The molecule has 0 amide bonds. The second kappa shape index (κ2) is 6.68. The Morgan fingerprint density at radius 1 is 0.962 bits per heavy atom. The summed E-state index contributed by atoms with van der Waals surface area (Å²) in [5.74, 6) is 2.67. The van der Waals surface area contributed by atoms with Gasteiger partial charge in [-0.05, 0) is 24.8 Å². The molecule has 5 rings (SSSR count). The van der Waals surface area contributed by atoms with Crippen LogP contribution < -0.4 is 4.90 Å². The summed E-state index contributed by atoms with van der Waals surface area (Å²) in [5.41, 5.74) is 2.29. The molecule has 0 radical (unpaired) electrons. The number of rotatable bonds is 4. The van der Waals surface area contributed by atoms with Crippen molar-refractivity contribution in [2.24, 2.45) is 0 Å². The lowest BCUT2D eigenvalue weighted by atomic mass is 10.2. The molecule has 6 heteroatoms. The van der Waals surface area contributed by atoms with Crippen LogP contribution in [0.2, 0.25) is 0 Å². The van der Waals surface area contributed by atoms with Gasteiger partial charge in [0, 0.05) is 51.0 Å². The Labute approximate surface area is 153 Å². The van der Waals surface area contributed by atoms with Crippen LogP contribution in [-0.4, -0.2) is 50.7 Å². The summed E-state index contributed by atoms with van der Waals surface area (Å²) in [7, 11) is 0. The van der Waals surface area contributed by atoms with E-state index >= 15 is 0 Å². The second-order valence-electron chi connectivity index (χ2n) is 7.38. The summed E-state index contributed by atoms with van der Waals surface area (Å²) in [5, 5.41) is 8.91. The number of hydrogen-bond donors (Lipinski definition) is 0. The SMILES string of the molecule is c1ccc(CN2CCCN(c3nccn4c(C5CC5)nnc34)CC2)cc1. The maximum atomic E-state index is 4.66. The van der Waals surface area contributed by atoms with Gasteiger partial charge in [0.25, 0.3) is 0 Å². The lowest BCUT2D eigenvalue weighted by molar-refractivity contribution is 0.285. The zero-order valence-electron chi connectivity index (χ0n) is 15.0. The van der Waals surface area contributed by atoms with Crippen molar-refractivity contribution in [2.45, 2.75) is 31.7 Å². The van der Waals surface area contributed by atoms with E-state index in [1.54, 1.807) is 0 Å². The minimum absolute atomic E-state index is 0.589. The molecule has 1 saturated carbocycles. The molecule has 3 heterocycles. The van der Waals surface area contributed by atoms with Crippen LogP contribution in [0.25, 0.3) is 5.65 Å². The standard InChI is InChI=1S/C20H24N6/c1-2-5-16(6-3-1)15-24-10-4-11-25(14-13-24)19-20-23-22-18(17-7-8-17)26(20)12-9-21-19/h1-3,5-6,9,12,17H,4,7-8,10-11,13-15H2. The molecular weight excluding hydrogens is 324 g/mol. The Hall–Kier alpha value is -2.47. The van der Waals surface area contributed by atoms with E-state index in [0.29, 0.717) is 5.92 Å². The van der Waals surface area contributed by atoms with E-state index in [1.165, 1.54) is 18.4 Å². The zero-order chi connectivity index (χ0) is 17.3. The van der Waals surface area contributed by atoms with Crippen molar-refractivity contribution in [3.63, 3.8) is 0 Å². The minimum atomic E-state index is 0.589. The predicted molar refractivity (Wildman–Crippen MR) is 101 cm³/mol. The molecule has 2 aliphatic rings. The fraction of sp³-hybridized carbons (Fsp3) is 0.450. The molecule has 26 heavy (non-hydrogen) atoms. The smallest absolute Gasteiger partial charge is 0.203 e. The Morgan fingerprint density at radius 3 is 2.69 bits per heavy atom. The molecule has 0 unspecified atom stereocenters. The largest absolute Gasteiger partial charge is 0.352 e. The van der Waals surface area contributed by atoms with E-state index in [1.807, 2.05) is 12.4 Å². The third kappa shape index (κ3) is 3.05. The van der Waals surface area contributed by atoms with Crippen molar-refractivity contribution in [1.29, 1.82) is 0 Å². The van der Waals surface area contributed by atoms with Crippen LogP contribution in [0.15, 0.2) is 42.7 Å². The van der Waals surface area contributed by atoms with Gasteiger partial charge in [-0.1, -0.05) is 30.3 Å². The van der Waals surface area contributed by atoms with Crippen LogP contribution in [0.3, 0.4) is 0 Å². The molecule has 1 aromatic carbocycles. The van der Waals surface area contributed by atoms with Crippen LogP contribution in [0.4, 0.5) is 5.82 Å². The first-order valence-electron chi connectivity index (χ1n) is 9.59. The maximum absolute atomic E-state index is 4.66. The lowest BCUT2D eigenvalue weighted by Gasteiger charge is -2.23. The normalized spacial score (nSPS) is 19.0. The summed E-state index contributed by atoms with van der Waals surface area (Å²) >= 11 is 0. The fourth-order valence-corrected chi connectivity index (χ4v) is 3.86. The van der Waals surface area contributed by atoms with Crippen molar-refractivity contribution < 1.29 is 0 Å². The van der Waals surface area contributed by atoms with Gasteiger partial charge >= 0.3 is 0 Å². The molecule has 0 bridgehead atoms. The highest BCUT2D eigenvalue weighted by atomic mass is 15.3. The van der Waals surface area contributed by atoms with Gasteiger partial charge in [-0.3, -0.25) is 9.30 Å². The van der Waals surface area contributed by atoms with Gasteiger partial charge in [-0.2, -0.15) is 0 Å². The molecule has 0 atom stereocenters. The first kappa shape index (κ1) is 15.8. The minimum Gasteiger partial charge on any atom is -0.352 e. The Kier molecular flexibility index (Phi) is 4.05. The highest BCUT2D eigenvalue weighted by Crippen LogP contribution is 2.39. The molecule has 1 aliphatic carbocycles. The maximum Gasteiger partial charge on any atom is 0.203 e. The molecular formula is C20H24N6. The van der Waals surface area contributed by atoms with Crippen LogP contribution in [-0.2, 0) is 6.54 Å². The number of anilines is 1. The molecule has 3 aromatic rings. The topological polar surface area (TPSA) is 49.6 Å². The molecule has 134 valence electrons. The first-order valence-corrected chi connectivity index (χ1v) is 9.59. The summed E-state index contributed by atoms with van der Waals surface area (Å²) in [6.45, 7) is 5.17.